The number of aliphatic imine (C=N–C) groups is 1. The number of aryl methyl sites for hydroxylation is 2. The van der Waals surface area contributed by atoms with E-state index in [9.17, 15) is 18.0 Å². The lowest BCUT2D eigenvalue weighted by Gasteiger charge is -2.13. The highest BCUT2D eigenvalue weighted by Crippen LogP contribution is 2.28. The number of hydrogen-bond donors (Lipinski definition) is 1. The van der Waals surface area contributed by atoms with Crippen molar-refractivity contribution in [3.05, 3.63) is 89.0 Å². The predicted molar refractivity (Wildman–Crippen MR) is 158 cm³/mol. The topological polar surface area (TPSA) is 68.5 Å². The molecule has 41 heavy (non-hydrogen) atoms. The Hall–Kier alpha value is -4.14. The van der Waals surface area contributed by atoms with Gasteiger partial charge in [-0.05, 0) is 73.9 Å². The van der Waals surface area contributed by atoms with E-state index in [1.165, 1.54) is 30.3 Å². The van der Waals surface area contributed by atoms with Gasteiger partial charge in [0.1, 0.15) is 35.5 Å². The van der Waals surface area contributed by atoms with Gasteiger partial charge in [0.2, 0.25) is 0 Å². The Morgan fingerprint density at radius 1 is 1.00 bits per heavy atom. The highest BCUT2D eigenvalue weighted by Gasteiger charge is 2.19. The molecule has 1 N–H and O–H groups in total. The molecular weight excluding hydrogens is 529 g/mol. The molecule has 3 aromatic carbocycles. The van der Waals surface area contributed by atoms with E-state index in [0.717, 1.165) is 17.5 Å². The van der Waals surface area contributed by atoms with E-state index in [-0.39, 0.29) is 36.5 Å². The van der Waals surface area contributed by atoms with Crippen molar-refractivity contribution in [2.24, 2.45) is 18.0 Å². The average molecular weight is 567 g/mol. The maximum absolute atomic E-state index is 14.3. The first-order valence-electron chi connectivity index (χ1n) is 13.5. The van der Waals surface area contributed by atoms with Crippen LogP contribution in [0.4, 0.5) is 18.9 Å². The summed E-state index contributed by atoms with van der Waals surface area (Å²) in [5.41, 5.74) is 3.06. The van der Waals surface area contributed by atoms with Crippen LogP contribution in [0.25, 0.3) is 11.0 Å². The molecule has 6 nitrogen and oxygen atoms in total. The molecule has 0 saturated carbocycles. The standard InChI is InChI=1S/C28H27F3N4O2.C4H10/c1-16-13-21(30)15-23(31)26(16)33-18(3)17(2)27-34-24-10-5-19(14-25(24)35(27)4)28(36)32-11-12-37-22-8-6-20(29)7-9-22;1-4(2)3/h5-10,13-15,17H,11-12H2,1-4H3,(H,32,36);4H,1-3H3. The third kappa shape index (κ3) is 8.42. The van der Waals surface area contributed by atoms with Crippen LogP contribution in [-0.2, 0) is 7.05 Å². The summed E-state index contributed by atoms with van der Waals surface area (Å²) in [5, 5.41) is 2.81. The minimum Gasteiger partial charge on any atom is -0.492 e. The van der Waals surface area contributed by atoms with Crippen LogP contribution in [0.3, 0.4) is 0 Å². The molecule has 1 atom stereocenters. The van der Waals surface area contributed by atoms with Crippen molar-refractivity contribution < 1.29 is 22.7 Å². The van der Waals surface area contributed by atoms with E-state index in [2.05, 4.69) is 31.1 Å². The minimum absolute atomic E-state index is 0.104. The molecule has 0 radical (unpaired) electrons. The van der Waals surface area contributed by atoms with Crippen LogP contribution >= 0.6 is 0 Å². The van der Waals surface area contributed by atoms with Gasteiger partial charge in [0.05, 0.1) is 23.5 Å². The fraction of sp³-hybridized carbons (Fsp3) is 0.344. The Morgan fingerprint density at radius 3 is 2.29 bits per heavy atom. The molecule has 9 heteroatoms. The summed E-state index contributed by atoms with van der Waals surface area (Å²) in [5.74, 6) is -0.180. The van der Waals surface area contributed by atoms with Crippen LogP contribution in [0, 0.1) is 30.3 Å². The van der Waals surface area contributed by atoms with Crippen molar-refractivity contribution in [2.45, 2.75) is 47.5 Å². The van der Waals surface area contributed by atoms with Gasteiger partial charge in [0, 0.05) is 24.4 Å². The number of amides is 1. The quantitative estimate of drug-likeness (QED) is 0.176. The van der Waals surface area contributed by atoms with E-state index >= 15 is 0 Å². The fourth-order valence-corrected chi connectivity index (χ4v) is 4.00. The van der Waals surface area contributed by atoms with Crippen LogP contribution in [0.15, 0.2) is 59.6 Å². The number of ether oxygens (including phenoxy) is 1. The molecule has 0 saturated heterocycles. The maximum Gasteiger partial charge on any atom is 0.251 e. The number of benzene rings is 3. The zero-order valence-corrected chi connectivity index (χ0v) is 24.6. The summed E-state index contributed by atoms with van der Waals surface area (Å²) in [6.07, 6.45) is 0. The molecule has 1 unspecified atom stereocenters. The van der Waals surface area contributed by atoms with Crippen LogP contribution in [0.2, 0.25) is 0 Å². The van der Waals surface area contributed by atoms with E-state index < -0.39 is 11.6 Å². The van der Waals surface area contributed by atoms with Gasteiger partial charge < -0.3 is 14.6 Å². The largest absolute Gasteiger partial charge is 0.492 e. The zero-order valence-electron chi connectivity index (χ0n) is 24.6. The first kappa shape index (κ1) is 31.4. The smallest absolute Gasteiger partial charge is 0.251 e. The van der Waals surface area contributed by atoms with Crippen molar-refractivity contribution >= 4 is 28.3 Å². The number of imidazole rings is 1. The van der Waals surface area contributed by atoms with Crippen LogP contribution < -0.4 is 10.1 Å². The van der Waals surface area contributed by atoms with Gasteiger partial charge in [-0.15, -0.1) is 0 Å². The van der Waals surface area contributed by atoms with Gasteiger partial charge >= 0.3 is 0 Å². The van der Waals surface area contributed by atoms with Crippen LogP contribution in [0.5, 0.6) is 5.75 Å². The highest BCUT2D eigenvalue weighted by molar-refractivity contribution is 5.98. The van der Waals surface area contributed by atoms with E-state index in [1.807, 2.05) is 18.5 Å². The summed E-state index contributed by atoms with van der Waals surface area (Å²) >= 11 is 0. The highest BCUT2D eigenvalue weighted by atomic mass is 19.1. The fourth-order valence-electron chi connectivity index (χ4n) is 4.00. The van der Waals surface area contributed by atoms with Crippen LogP contribution in [0.1, 0.15) is 62.3 Å². The molecule has 0 aliphatic heterocycles. The van der Waals surface area contributed by atoms with Gasteiger partial charge in [-0.1, -0.05) is 27.7 Å². The molecular formula is C32H37F3N4O2. The number of carbonyl (C=O) groups is 1. The molecule has 0 fully saturated rings. The number of fused-ring (bicyclic) bond motifs is 1. The van der Waals surface area contributed by atoms with Crippen LogP contribution in [-0.4, -0.2) is 34.3 Å². The van der Waals surface area contributed by atoms with Crippen molar-refractivity contribution in [3.8, 4) is 5.75 Å². The summed E-state index contributed by atoms with van der Waals surface area (Å²) < 4.78 is 48.1. The molecule has 1 amide bonds. The first-order valence-corrected chi connectivity index (χ1v) is 13.5. The lowest BCUT2D eigenvalue weighted by Crippen LogP contribution is -2.28. The van der Waals surface area contributed by atoms with E-state index in [1.54, 1.807) is 32.0 Å². The molecule has 4 rings (SSSR count). The summed E-state index contributed by atoms with van der Waals surface area (Å²) in [6.45, 7) is 12.3. The Morgan fingerprint density at radius 2 is 1.66 bits per heavy atom. The number of rotatable bonds is 8. The second-order valence-electron chi connectivity index (χ2n) is 10.6. The predicted octanol–water partition coefficient (Wildman–Crippen LogP) is 7.67. The van der Waals surface area contributed by atoms with Gasteiger partial charge in [-0.2, -0.15) is 0 Å². The summed E-state index contributed by atoms with van der Waals surface area (Å²) in [6, 6.07) is 12.9. The lowest BCUT2D eigenvalue weighted by atomic mass is 10.1. The molecule has 1 heterocycles. The molecule has 0 spiro atoms. The zero-order chi connectivity index (χ0) is 30.3. The molecule has 218 valence electrons. The number of carbonyl (C=O) groups excluding carboxylic acids is 1. The molecule has 0 bridgehead atoms. The first-order chi connectivity index (χ1) is 19.4. The van der Waals surface area contributed by atoms with Gasteiger partial charge in [0.25, 0.3) is 5.91 Å². The maximum atomic E-state index is 14.3. The molecule has 4 aromatic rings. The Balaban J connectivity index is 0.00000108. The number of hydrogen-bond acceptors (Lipinski definition) is 4. The van der Waals surface area contributed by atoms with Gasteiger partial charge in [-0.25, -0.2) is 18.2 Å². The normalized spacial score (nSPS) is 12.2. The van der Waals surface area contributed by atoms with E-state index in [0.29, 0.717) is 33.9 Å². The summed E-state index contributed by atoms with van der Waals surface area (Å²) in [4.78, 5) is 21.8. The second-order valence-corrected chi connectivity index (χ2v) is 10.6. The third-order valence-corrected chi connectivity index (χ3v) is 6.17. The Labute approximate surface area is 239 Å². The summed E-state index contributed by atoms with van der Waals surface area (Å²) in [7, 11) is 1.84. The van der Waals surface area contributed by atoms with Crippen molar-refractivity contribution in [2.75, 3.05) is 13.2 Å². The Kier molecular flexibility index (Phi) is 10.7. The number of nitrogens with one attached hydrogen (secondary N) is 1. The molecule has 1 aromatic heterocycles. The molecule has 0 aliphatic carbocycles. The SMILES string of the molecule is CC(=Nc1c(C)cc(F)cc1F)C(C)c1nc2ccc(C(=O)NCCOc3ccc(F)cc3)cc2n1C.CC(C)C. The third-order valence-electron chi connectivity index (χ3n) is 6.17. The lowest BCUT2D eigenvalue weighted by molar-refractivity contribution is 0.0947. The van der Waals surface area contributed by atoms with Gasteiger partial charge in [-0.3, -0.25) is 9.79 Å². The average Bonchev–Trinajstić information content (AvgIpc) is 3.24. The van der Waals surface area contributed by atoms with Crippen molar-refractivity contribution in [1.29, 1.82) is 0 Å². The molecule has 0 aliphatic rings. The monoisotopic (exact) mass is 566 g/mol. The van der Waals surface area contributed by atoms with Crippen molar-refractivity contribution in [1.82, 2.24) is 14.9 Å². The Bertz CT molecular complexity index is 1500. The van der Waals surface area contributed by atoms with Gasteiger partial charge in [0.15, 0.2) is 5.82 Å². The number of aromatic nitrogens is 2. The van der Waals surface area contributed by atoms with E-state index in [4.69, 9.17) is 9.72 Å². The van der Waals surface area contributed by atoms with Crippen molar-refractivity contribution in [3.63, 3.8) is 0 Å². The number of halogens is 3. The minimum atomic E-state index is -0.715. The second kappa shape index (κ2) is 14.0. The number of nitrogens with zero attached hydrogens (tertiary/aromatic N) is 3.